The number of hydrogen-bond acceptors (Lipinski definition) is 7. The van der Waals surface area contributed by atoms with Crippen molar-refractivity contribution in [2.75, 3.05) is 44.2 Å². The molecule has 10 heteroatoms. The van der Waals surface area contributed by atoms with E-state index in [0.29, 0.717) is 39.2 Å². The highest BCUT2D eigenvalue weighted by molar-refractivity contribution is 6.35. The molecule has 1 N–H and O–H groups in total. The molecule has 182 valence electrons. The Morgan fingerprint density at radius 1 is 1.18 bits per heavy atom. The number of aliphatic hydroxyl groups excluding tert-OH is 1. The number of nitrogens with zero attached hydrogens (tertiary/aromatic N) is 6. The van der Waals surface area contributed by atoms with Gasteiger partial charge in [0, 0.05) is 48.8 Å². The molecule has 2 aromatic heterocycles. The van der Waals surface area contributed by atoms with E-state index in [2.05, 4.69) is 14.9 Å². The highest BCUT2D eigenvalue weighted by Crippen LogP contribution is 2.36. The number of anilines is 1. The van der Waals surface area contributed by atoms with Crippen LogP contribution < -0.4 is 9.64 Å². The lowest BCUT2D eigenvalue weighted by atomic mass is 9.81. The molecule has 0 saturated carbocycles. The van der Waals surface area contributed by atoms with E-state index in [9.17, 15) is 5.11 Å². The highest BCUT2D eigenvalue weighted by Gasteiger charge is 2.37. The summed E-state index contributed by atoms with van der Waals surface area (Å²) in [7, 11) is 1.87. The summed E-state index contributed by atoms with van der Waals surface area (Å²) in [5, 5.41) is 14.9. The molecule has 0 aliphatic carbocycles. The minimum atomic E-state index is -0.332. The van der Waals surface area contributed by atoms with Crippen LogP contribution in [-0.4, -0.2) is 69.1 Å². The van der Waals surface area contributed by atoms with E-state index in [4.69, 9.17) is 37.9 Å². The van der Waals surface area contributed by atoms with E-state index in [1.807, 2.05) is 26.2 Å². The predicted octanol–water partition coefficient (Wildman–Crippen LogP) is 3.95. The largest absolute Gasteiger partial charge is 0.468 e. The monoisotopic (exact) mass is 504 g/mol. The Morgan fingerprint density at radius 2 is 2.00 bits per heavy atom. The van der Waals surface area contributed by atoms with E-state index in [1.165, 1.54) is 12.8 Å². The Hall–Kier alpha value is -2.13. The second-order valence-electron chi connectivity index (χ2n) is 9.38. The number of aliphatic hydroxyl groups is 1. The number of benzene rings is 1. The first-order valence-corrected chi connectivity index (χ1v) is 12.6. The number of rotatable bonds is 7. The van der Waals surface area contributed by atoms with Gasteiger partial charge < -0.3 is 19.6 Å². The number of hydrogen-bond donors (Lipinski definition) is 1. The predicted molar refractivity (Wildman–Crippen MR) is 134 cm³/mol. The van der Waals surface area contributed by atoms with Gasteiger partial charge in [0.1, 0.15) is 11.6 Å². The lowest BCUT2D eigenvalue weighted by molar-refractivity contribution is 0.101. The Labute approximate surface area is 209 Å². The van der Waals surface area contributed by atoms with Crippen LogP contribution in [-0.2, 0) is 7.05 Å². The fraction of sp³-hybridized carbons (Fsp3) is 0.542. The number of likely N-dealkylation sites (tertiary alicyclic amines) is 1. The van der Waals surface area contributed by atoms with E-state index in [0.717, 1.165) is 43.8 Å². The average Bonchev–Trinajstić information content (AvgIpc) is 3.14. The topological polar surface area (TPSA) is 79.5 Å². The molecule has 3 aromatic rings. The van der Waals surface area contributed by atoms with E-state index in [1.54, 1.807) is 16.8 Å². The maximum atomic E-state index is 9.28. The van der Waals surface area contributed by atoms with Crippen molar-refractivity contribution in [2.45, 2.75) is 25.9 Å². The van der Waals surface area contributed by atoms with E-state index >= 15 is 0 Å². The lowest BCUT2D eigenvalue weighted by Crippen LogP contribution is -2.54. The number of fused-ring (bicyclic) bond motifs is 1. The maximum Gasteiger partial charge on any atom is 0.248 e. The number of aryl methyl sites for hydroxylation is 1. The zero-order valence-electron chi connectivity index (χ0n) is 19.5. The summed E-state index contributed by atoms with van der Waals surface area (Å²) in [6, 6.07) is 5.39. The van der Waals surface area contributed by atoms with Crippen LogP contribution in [0.3, 0.4) is 0 Å². The molecule has 0 spiro atoms. The van der Waals surface area contributed by atoms with Gasteiger partial charge in [-0.1, -0.05) is 29.3 Å². The van der Waals surface area contributed by atoms with Crippen LogP contribution in [0.25, 0.3) is 11.0 Å². The van der Waals surface area contributed by atoms with Gasteiger partial charge in [-0.25, -0.2) is 4.98 Å². The molecule has 1 aromatic carbocycles. The molecular weight excluding hydrogens is 475 g/mol. The number of β-amino-alcohol motifs (C(OH)–C–C–N with tert-alkyl or cyclic N) is 1. The Kier molecular flexibility index (Phi) is 6.84. The second-order valence-corrected chi connectivity index (χ2v) is 10.2. The van der Waals surface area contributed by atoms with Gasteiger partial charge in [0.25, 0.3) is 0 Å². The molecule has 2 saturated heterocycles. The van der Waals surface area contributed by atoms with Crippen molar-refractivity contribution in [3.8, 4) is 5.88 Å². The Bertz CT molecular complexity index is 1160. The minimum Gasteiger partial charge on any atom is -0.468 e. The molecule has 0 bridgehead atoms. The lowest BCUT2D eigenvalue weighted by Gasteiger charge is -2.46. The molecule has 4 heterocycles. The van der Waals surface area contributed by atoms with Crippen molar-refractivity contribution >= 4 is 40.2 Å². The van der Waals surface area contributed by atoms with Gasteiger partial charge in [-0.2, -0.15) is 10.1 Å². The van der Waals surface area contributed by atoms with Crippen LogP contribution in [0.4, 0.5) is 5.95 Å². The first-order valence-electron chi connectivity index (χ1n) is 11.8. The highest BCUT2D eigenvalue weighted by atomic mass is 35.5. The van der Waals surface area contributed by atoms with Crippen LogP contribution >= 0.6 is 23.2 Å². The van der Waals surface area contributed by atoms with Crippen LogP contribution in [0.1, 0.15) is 31.4 Å². The summed E-state index contributed by atoms with van der Waals surface area (Å²) in [6.45, 7) is 6.95. The molecule has 34 heavy (non-hydrogen) atoms. The quantitative estimate of drug-likeness (QED) is 0.521. The molecule has 2 aliphatic heterocycles. The van der Waals surface area contributed by atoms with Gasteiger partial charge in [0.05, 0.1) is 12.8 Å². The molecule has 2 aliphatic rings. The van der Waals surface area contributed by atoms with Gasteiger partial charge in [0.2, 0.25) is 11.8 Å². The van der Waals surface area contributed by atoms with Crippen molar-refractivity contribution in [3.63, 3.8) is 0 Å². The first kappa shape index (κ1) is 23.6. The molecular formula is C24H30Cl2N6O2. The SMILES string of the molecule is C[C@@H](Oc1nc(N2CC([C@H]3CCCN(CCO)C3)C2)nc2cn(C)nc12)c1ccc(Cl)cc1Cl. The first-order chi connectivity index (χ1) is 16.4. The zero-order valence-corrected chi connectivity index (χ0v) is 21.0. The van der Waals surface area contributed by atoms with Gasteiger partial charge in [0.15, 0.2) is 5.52 Å². The molecule has 0 amide bonds. The summed E-state index contributed by atoms with van der Waals surface area (Å²) >= 11 is 12.5. The molecule has 5 rings (SSSR count). The van der Waals surface area contributed by atoms with Gasteiger partial charge in [-0.05, 0) is 50.3 Å². The van der Waals surface area contributed by atoms with Crippen LogP contribution in [0, 0.1) is 11.8 Å². The molecule has 2 fully saturated rings. The minimum absolute atomic E-state index is 0.227. The van der Waals surface area contributed by atoms with Crippen molar-refractivity contribution < 1.29 is 9.84 Å². The summed E-state index contributed by atoms with van der Waals surface area (Å²) in [5.74, 6) is 2.39. The van der Waals surface area contributed by atoms with E-state index in [-0.39, 0.29) is 12.7 Å². The number of aromatic nitrogens is 4. The fourth-order valence-corrected chi connectivity index (χ4v) is 5.63. The third-order valence-corrected chi connectivity index (χ3v) is 7.50. The Morgan fingerprint density at radius 3 is 2.76 bits per heavy atom. The third-order valence-electron chi connectivity index (χ3n) is 6.94. The molecule has 0 radical (unpaired) electrons. The summed E-state index contributed by atoms with van der Waals surface area (Å²) < 4.78 is 8.01. The summed E-state index contributed by atoms with van der Waals surface area (Å²) in [6.07, 6.45) is 4.00. The summed E-state index contributed by atoms with van der Waals surface area (Å²) in [4.78, 5) is 14.1. The van der Waals surface area contributed by atoms with Gasteiger partial charge in [-0.15, -0.1) is 0 Å². The maximum absolute atomic E-state index is 9.28. The second kappa shape index (κ2) is 9.85. The standard InChI is InChI=1S/C24H30Cl2N6O2/c1-15(19-6-5-18(25)10-20(19)26)34-23-22-21(14-30(2)29-22)27-24(28-23)32-12-17(13-32)16-4-3-7-31(11-16)8-9-33/h5-6,10,14-17,33H,3-4,7-9,11-13H2,1-2H3/t15-,16+/m1/s1. The number of piperidine rings is 1. The molecule has 8 nitrogen and oxygen atoms in total. The van der Waals surface area contributed by atoms with Crippen molar-refractivity contribution in [2.24, 2.45) is 18.9 Å². The average molecular weight is 505 g/mol. The third kappa shape index (κ3) is 4.82. The summed E-state index contributed by atoms with van der Waals surface area (Å²) in [5.41, 5.74) is 2.23. The molecule has 0 unspecified atom stereocenters. The smallest absolute Gasteiger partial charge is 0.248 e. The van der Waals surface area contributed by atoms with Gasteiger partial charge >= 0.3 is 0 Å². The zero-order chi connectivity index (χ0) is 23.8. The van der Waals surface area contributed by atoms with Gasteiger partial charge in [-0.3, -0.25) is 4.68 Å². The molecule has 2 atom stereocenters. The van der Waals surface area contributed by atoms with Crippen LogP contribution in [0.5, 0.6) is 5.88 Å². The Balaban J connectivity index is 1.33. The normalized spacial score (nSPS) is 20.5. The van der Waals surface area contributed by atoms with Crippen molar-refractivity contribution in [3.05, 3.63) is 40.0 Å². The van der Waals surface area contributed by atoms with Crippen LogP contribution in [0.2, 0.25) is 10.0 Å². The number of halogens is 2. The number of ether oxygens (including phenoxy) is 1. The fourth-order valence-electron chi connectivity index (χ4n) is 5.07. The van der Waals surface area contributed by atoms with Crippen LogP contribution in [0.15, 0.2) is 24.4 Å². The van der Waals surface area contributed by atoms with E-state index < -0.39 is 0 Å². The van der Waals surface area contributed by atoms with Crippen molar-refractivity contribution in [1.29, 1.82) is 0 Å². The van der Waals surface area contributed by atoms with Crippen molar-refractivity contribution in [1.82, 2.24) is 24.6 Å².